The number of piperazine rings is 1. The fraction of sp³-hybridized carbons (Fsp3) is 0.292. The van der Waals surface area contributed by atoms with Gasteiger partial charge in [-0.3, -0.25) is 9.59 Å². The van der Waals surface area contributed by atoms with E-state index < -0.39 is 0 Å². The number of amides is 2. The standard InChI is InChI=1S/C24H26N4O4/c1-2-18-5-3-6-20(15-18)32-17-23(29)26-19-8-9-22(25-16-19)27-10-12-28(13-11-27)24(30)21-7-4-14-31-21/h3-9,14-16H,2,10-13,17H2,1H3,(H,26,29). The van der Waals surface area contributed by atoms with E-state index in [0.717, 1.165) is 17.8 Å². The van der Waals surface area contributed by atoms with Gasteiger partial charge in [-0.05, 0) is 48.4 Å². The molecule has 0 atom stereocenters. The zero-order valence-corrected chi connectivity index (χ0v) is 18.0. The second kappa shape index (κ2) is 10.00. The van der Waals surface area contributed by atoms with Crippen LogP contribution in [0.3, 0.4) is 0 Å². The molecule has 3 heterocycles. The first-order valence-corrected chi connectivity index (χ1v) is 10.7. The van der Waals surface area contributed by atoms with Gasteiger partial charge < -0.3 is 24.3 Å². The first-order chi connectivity index (χ1) is 15.6. The highest BCUT2D eigenvalue weighted by molar-refractivity contribution is 5.92. The Morgan fingerprint density at radius 3 is 2.62 bits per heavy atom. The number of carbonyl (C=O) groups is 2. The van der Waals surface area contributed by atoms with Crippen LogP contribution in [0.2, 0.25) is 0 Å². The van der Waals surface area contributed by atoms with Gasteiger partial charge in [0.05, 0.1) is 18.1 Å². The summed E-state index contributed by atoms with van der Waals surface area (Å²) in [4.78, 5) is 32.9. The summed E-state index contributed by atoms with van der Waals surface area (Å²) >= 11 is 0. The van der Waals surface area contributed by atoms with Crippen molar-refractivity contribution in [2.75, 3.05) is 43.0 Å². The molecule has 2 aromatic heterocycles. The summed E-state index contributed by atoms with van der Waals surface area (Å²) in [5, 5.41) is 2.80. The van der Waals surface area contributed by atoms with Crippen molar-refractivity contribution in [3.63, 3.8) is 0 Å². The highest BCUT2D eigenvalue weighted by atomic mass is 16.5. The zero-order valence-electron chi connectivity index (χ0n) is 18.0. The van der Waals surface area contributed by atoms with Gasteiger partial charge in [-0.25, -0.2) is 4.98 Å². The van der Waals surface area contributed by atoms with Crippen LogP contribution in [0.15, 0.2) is 65.4 Å². The van der Waals surface area contributed by atoms with Gasteiger partial charge in [0.2, 0.25) is 0 Å². The molecule has 1 aromatic carbocycles. The van der Waals surface area contributed by atoms with Gasteiger partial charge in [0.15, 0.2) is 12.4 Å². The fourth-order valence-corrected chi connectivity index (χ4v) is 3.54. The maximum absolute atomic E-state index is 12.4. The number of aryl methyl sites for hydroxylation is 1. The van der Waals surface area contributed by atoms with Gasteiger partial charge in [0.1, 0.15) is 11.6 Å². The Kier molecular flexibility index (Phi) is 6.69. The predicted molar refractivity (Wildman–Crippen MR) is 121 cm³/mol. The average Bonchev–Trinajstić information content (AvgIpc) is 3.38. The number of ether oxygens (including phenoxy) is 1. The van der Waals surface area contributed by atoms with E-state index in [9.17, 15) is 9.59 Å². The molecular formula is C24H26N4O4. The number of pyridine rings is 1. The molecule has 32 heavy (non-hydrogen) atoms. The van der Waals surface area contributed by atoms with Gasteiger partial charge in [-0.1, -0.05) is 19.1 Å². The molecule has 2 amide bonds. The van der Waals surface area contributed by atoms with E-state index in [1.807, 2.05) is 36.4 Å². The molecule has 8 heteroatoms. The number of nitrogens with zero attached hydrogens (tertiary/aromatic N) is 3. The second-order valence-corrected chi connectivity index (χ2v) is 7.50. The van der Waals surface area contributed by atoms with Crippen LogP contribution in [0.1, 0.15) is 23.0 Å². The lowest BCUT2D eigenvalue weighted by atomic mass is 10.2. The topological polar surface area (TPSA) is 87.9 Å². The Bertz CT molecular complexity index is 1040. The van der Waals surface area contributed by atoms with E-state index in [1.165, 1.54) is 6.26 Å². The van der Waals surface area contributed by atoms with Gasteiger partial charge in [0, 0.05) is 26.2 Å². The molecule has 0 aliphatic carbocycles. The van der Waals surface area contributed by atoms with Crippen molar-refractivity contribution in [1.29, 1.82) is 0 Å². The number of nitrogens with one attached hydrogen (secondary N) is 1. The largest absolute Gasteiger partial charge is 0.484 e. The molecule has 0 saturated carbocycles. The third-order valence-electron chi connectivity index (χ3n) is 5.33. The maximum Gasteiger partial charge on any atom is 0.289 e. The van der Waals surface area contributed by atoms with Crippen LogP contribution >= 0.6 is 0 Å². The summed E-state index contributed by atoms with van der Waals surface area (Å²) < 4.78 is 10.8. The number of benzene rings is 1. The molecule has 166 valence electrons. The molecule has 1 fully saturated rings. The number of carbonyl (C=O) groups excluding carboxylic acids is 2. The lowest BCUT2D eigenvalue weighted by molar-refractivity contribution is -0.118. The van der Waals surface area contributed by atoms with Crippen molar-refractivity contribution < 1.29 is 18.7 Å². The van der Waals surface area contributed by atoms with Crippen molar-refractivity contribution in [3.8, 4) is 5.75 Å². The van der Waals surface area contributed by atoms with Crippen molar-refractivity contribution in [2.24, 2.45) is 0 Å². The summed E-state index contributed by atoms with van der Waals surface area (Å²) in [7, 11) is 0. The van der Waals surface area contributed by atoms with Crippen LogP contribution in [0.25, 0.3) is 0 Å². The Morgan fingerprint density at radius 1 is 1.09 bits per heavy atom. The molecule has 1 aliphatic heterocycles. The molecule has 0 spiro atoms. The quantitative estimate of drug-likeness (QED) is 0.614. The molecule has 0 bridgehead atoms. The smallest absolute Gasteiger partial charge is 0.289 e. The molecule has 3 aromatic rings. The Balaban J connectivity index is 1.25. The van der Waals surface area contributed by atoms with Gasteiger partial charge in [-0.15, -0.1) is 0 Å². The van der Waals surface area contributed by atoms with E-state index in [-0.39, 0.29) is 18.4 Å². The molecule has 1 saturated heterocycles. The van der Waals surface area contributed by atoms with Crippen LogP contribution in [0, 0.1) is 0 Å². The molecule has 4 rings (SSSR count). The van der Waals surface area contributed by atoms with Crippen molar-refractivity contribution in [3.05, 3.63) is 72.3 Å². The minimum absolute atomic E-state index is 0.0689. The van der Waals surface area contributed by atoms with Crippen molar-refractivity contribution in [1.82, 2.24) is 9.88 Å². The van der Waals surface area contributed by atoms with Crippen LogP contribution in [-0.2, 0) is 11.2 Å². The van der Waals surface area contributed by atoms with Crippen LogP contribution in [0.4, 0.5) is 11.5 Å². The third-order valence-corrected chi connectivity index (χ3v) is 5.33. The summed E-state index contributed by atoms with van der Waals surface area (Å²) in [6.07, 6.45) is 4.05. The lowest BCUT2D eigenvalue weighted by Gasteiger charge is -2.35. The average molecular weight is 434 g/mol. The van der Waals surface area contributed by atoms with Crippen LogP contribution in [0.5, 0.6) is 5.75 Å². The van der Waals surface area contributed by atoms with E-state index >= 15 is 0 Å². The summed E-state index contributed by atoms with van der Waals surface area (Å²) in [5.41, 5.74) is 1.77. The van der Waals surface area contributed by atoms with Crippen molar-refractivity contribution >= 4 is 23.3 Å². The number of rotatable bonds is 7. The summed E-state index contributed by atoms with van der Waals surface area (Å²) in [5.74, 6) is 1.51. The SMILES string of the molecule is CCc1cccc(OCC(=O)Nc2ccc(N3CCN(C(=O)c4ccco4)CC3)nc2)c1. The minimum atomic E-state index is -0.244. The molecule has 0 unspecified atom stereocenters. The number of hydrogen-bond acceptors (Lipinski definition) is 6. The van der Waals surface area contributed by atoms with E-state index in [1.54, 1.807) is 23.2 Å². The molecule has 1 N–H and O–H groups in total. The van der Waals surface area contributed by atoms with Crippen molar-refractivity contribution in [2.45, 2.75) is 13.3 Å². The Hall–Kier alpha value is -3.81. The first kappa shape index (κ1) is 21.4. The zero-order chi connectivity index (χ0) is 22.3. The minimum Gasteiger partial charge on any atom is -0.484 e. The molecule has 8 nitrogen and oxygen atoms in total. The molecular weight excluding hydrogens is 408 g/mol. The Morgan fingerprint density at radius 2 is 1.94 bits per heavy atom. The number of anilines is 2. The molecule has 0 radical (unpaired) electrons. The number of hydrogen-bond donors (Lipinski definition) is 1. The third kappa shape index (κ3) is 5.26. The van der Waals surface area contributed by atoms with Gasteiger partial charge in [0.25, 0.3) is 11.8 Å². The van der Waals surface area contributed by atoms with Gasteiger partial charge >= 0.3 is 0 Å². The summed E-state index contributed by atoms with van der Waals surface area (Å²) in [6, 6.07) is 14.8. The van der Waals surface area contributed by atoms with Crippen LogP contribution < -0.4 is 15.0 Å². The summed E-state index contributed by atoms with van der Waals surface area (Å²) in [6.45, 7) is 4.54. The van der Waals surface area contributed by atoms with Gasteiger partial charge in [-0.2, -0.15) is 0 Å². The first-order valence-electron chi connectivity index (χ1n) is 10.7. The maximum atomic E-state index is 12.4. The Labute approximate surface area is 186 Å². The lowest BCUT2D eigenvalue weighted by Crippen LogP contribution is -2.49. The second-order valence-electron chi connectivity index (χ2n) is 7.50. The van der Waals surface area contributed by atoms with E-state index in [0.29, 0.717) is 43.4 Å². The van der Waals surface area contributed by atoms with E-state index in [2.05, 4.69) is 22.1 Å². The van der Waals surface area contributed by atoms with Crippen LogP contribution in [-0.4, -0.2) is 54.5 Å². The monoisotopic (exact) mass is 434 g/mol. The highest BCUT2D eigenvalue weighted by Crippen LogP contribution is 2.18. The highest BCUT2D eigenvalue weighted by Gasteiger charge is 2.24. The normalized spacial score (nSPS) is 13.7. The number of furan rings is 1. The number of aromatic nitrogens is 1. The molecule has 1 aliphatic rings. The fourth-order valence-electron chi connectivity index (χ4n) is 3.54. The van der Waals surface area contributed by atoms with E-state index in [4.69, 9.17) is 9.15 Å². The predicted octanol–water partition coefficient (Wildman–Crippen LogP) is 3.22.